The maximum Gasteiger partial charge on any atom is 0.270 e. The zero-order valence-corrected chi connectivity index (χ0v) is 16.8. The van der Waals surface area contributed by atoms with Crippen molar-refractivity contribution in [3.63, 3.8) is 0 Å². The smallest absolute Gasteiger partial charge is 0.270 e. The molecule has 3 rings (SSSR count). The van der Waals surface area contributed by atoms with Crippen molar-refractivity contribution < 1.29 is 13.2 Å². The molecule has 3 heterocycles. The molecule has 2 aliphatic rings. The Morgan fingerprint density at radius 2 is 1.96 bits per heavy atom. The molecule has 2 aliphatic heterocycles. The zero-order valence-electron chi connectivity index (χ0n) is 15.9. The van der Waals surface area contributed by atoms with Crippen LogP contribution in [0.5, 0.6) is 0 Å². The molecule has 2 saturated heterocycles. The van der Waals surface area contributed by atoms with Crippen molar-refractivity contribution in [2.24, 2.45) is 13.0 Å². The number of aryl methyl sites for hydroxylation is 1. The van der Waals surface area contributed by atoms with Crippen LogP contribution in [0.25, 0.3) is 0 Å². The summed E-state index contributed by atoms with van der Waals surface area (Å²) < 4.78 is 29.1. The predicted molar refractivity (Wildman–Crippen MR) is 101 cm³/mol. The van der Waals surface area contributed by atoms with Crippen molar-refractivity contribution in [2.45, 2.75) is 43.5 Å². The highest BCUT2D eigenvalue weighted by Gasteiger charge is 2.32. The molecule has 0 spiro atoms. The molecule has 0 saturated carbocycles. The van der Waals surface area contributed by atoms with Gasteiger partial charge in [0.15, 0.2) is 0 Å². The fourth-order valence-corrected chi connectivity index (χ4v) is 5.61. The third kappa shape index (κ3) is 3.82. The third-order valence-electron chi connectivity index (χ3n) is 5.63. The number of hydrogen-bond acceptors (Lipinski definition) is 4. The first-order chi connectivity index (χ1) is 12.3. The Labute approximate surface area is 156 Å². The van der Waals surface area contributed by atoms with E-state index in [-0.39, 0.29) is 16.8 Å². The molecule has 1 amide bonds. The molecule has 0 radical (unpaired) electrons. The first-order valence-electron chi connectivity index (χ1n) is 9.45. The fourth-order valence-electron chi connectivity index (χ4n) is 3.94. The second kappa shape index (κ2) is 7.70. The lowest BCUT2D eigenvalue weighted by Gasteiger charge is -2.31. The summed E-state index contributed by atoms with van der Waals surface area (Å²) in [4.78, 5) is 14.9. The highest BCUT2D eigenvalue weighted by molar-refractivity contribution is 7.89. The molecular formula is C18H30N4O3S. The lowest BCUT2D eigenvalue weighted by molar-refractivity contribution is 0.0693. The van der Waals surface area contributed by atoms with Gasteiger partial charge in [-0.15, -0.1) is 0 Å². The Morgan fingerprint density at radius 1 is 1.27 bits per heavy atom. The number of aromatic nitrogens is 1. The van der Waals surface area contributed by atoms with Crippen LogP contribution in [-0.4, -0.2) is 67.4 Å². The topological polar surface area (TPSA) is 74.7 Å². The normalized spacial score (nSPS) is 23.1. The summed E-state index contributed by atoms with van der Waals surface area (Å²) in [5, 5.41) is 3.30. The molecule has 26 heavy (non-hydrogen) atoms. The fraction of sp³-hybridized carbons (Fsp3) is 0.722. The van der Waals surface area contributed by atoms with Crippen molar-refractivity contribution >= 4 is 15.9 Å². The van der Waals surface area contributed by atoms with Gasteiger partial charge in [-0.05, 0) is 50.8 Å². The molecule has 0 bridgehead atoms. The first-order valence-corrected chi connectivity index (χ1v) is 10.9. The van der Waals surface area contributed by atoms with E-state index >= 15 is 0 Å². The molecular weight excluding hydrogens is 352 g/mol. The largest absolute Gasteiger partial charge is 0.345 e. The molecule has 0 aromatic carbocycles. The van der Waals surface area contributed by atoms with Crippen LogP contribution in [0.1, 0.15) is 43.1 Å². The van der Waals surface area contributed by atoms with Crippen LogP contribution in [0.4, 0.5) is 0 Å². The van der Waals surface area contributed by atoms with E-state index < -0.39 is 10.0 Å². The average molecular weight is 383 g/mol. The summed E-state index contributed by atoms with van der Waals surface area (Å²) in [5.74, 6) is 0.252. The monoisotopic (exact) mass is 382 g/mol. The molecule has 1 aromatic heterocycles. The van der Waals surface area contributed by atoms with Gasteiger partial charge in [0.05, 0.1) is 0 Å². The van der Waals surface area contributed by atoms with Crippen molar-refractivity contribution in [3.8, 4) is 0 Å². The summed E-state index contributed by atoms with van der Waals surface area (Å²) in [6.45, 7) is 5.00. The Balaban J connectivity index is 1.80. The van der Waals surface area contributed by atoms with Crippen LogP contribution < -0.4 is 5.32 Å². The van der Waals surface area contributed by atoms with Gasteiger partial charge in [0.2, 0.25) is 10.0 Å². The Morgan fingerprint density at radius 3 is 2.62 bits per heavy atom. The van der Waals surface area contributed by atoms with E-state index in [2.05, 4.69) is 12.2 Å². The van der Waals surface area contributed by atoms with Gasteiger partial charge in [-0.2, -0.15) is 4.31 Å². The number of nitrogens with zero attached hydrogens (tertiary/aromatic N) is 3. The van der Waals surface area contributed by atoms with Crippen LogP contribution >= 0.6 is 0 Å². The number of piperidine rings is 2. The van der Waals surface area contributed by atoms with Crippen LogP contribution in [0, 0.1) is 5.92 Å². The first kappa shape index (κ1) is 19.4. The van der Waals surface area contributed by atoms with Crippen LogP contribution in [0.2, 0.25) is 0 Å². The van der Waals surface area contributed by atoms with Gasteiger partial charge in [0.1, 0.15) is 10.6 Å². The number of sulfonamides is 1. The summed E-state index contributed by atoms with van der Waals surface area (Å²) in [6.07, 6.45) is 5.36. The van der Waals surface area contributed by atoms with E-state index in [1.54, 1.807) is 27.0 Å². The predicted octanol–water partition coefficient (Wildman–Crippen LogP) is 1.27. The molecule has 146 valence electrons. The van der Waals surface area contributed by atoms with E-state index in [0.717, 1.165) is 38.8 Å². The number of nitrogens with one attached hydrogen (secondary N) is 1. The number of rotatable bonds is 4. The van der Waals surface area contributed by atoms with E-state index in [9.17, 15) is 13.2 Å². The number of carbonyl (C=O) groups excluding carboxylic acids is 1. The van der Waals surface area contributed by atoms with E-state index in [0.29, 0.717) is 24.7 Å². The Bertz CT molecular complexity index is 752. The summed E-state index contributed by atoms with van der Waals surface area (Å²) in [6, 6.07) is 1.73. The van der Waals surface area contributed by atoms with E-state index in [1.807, 2.05) is 7.05 Å². The highest BCUT2D eigenvalue weighted by Crippen LogP contribution is 2.25. The second-order valence-electron chi connectivity index (χ2n) is 7.68. The van der Waals surface area contributed by atoms with Crippen LogP contribution in [0.15, 0.2) is 17.2 Å². The second-order valence-corrected chi connectivity index (χ2v) is 9.62. The molecule has 1 atom stereocenters. The molecule has 8 heteroatoms. The summed E-state index contributed by atoms with van der Waals surface area (Å²) >= 11 is 0. The van der Waals surface area contributed by atoms with Gasteiger partial charge in [-0.25, -0.2) is 8.42 Å². The average Bonchev–Trinajstić information content (AvgIpc) is 3.03. The van der Waals surface area contributed by atoms with Gasteiger partial charge in [0, 0.05) is 39.4 Å². The van der Waals surface area contributed by atoms with Crippen LogP contribution in [-0.2, 0) is 17.1 Å². The van der Waals surface area contributed by atoms with Crippen molar-refractivity contribution in [2.75, 3.05) is 33.2 Å². The van der Waals surface area contributed by atoms with E-state index in [4.69, 9.17) is 0 Å². The van der Waals surface area contributed by atoms with Gasteiger partial charge >= 0.3 is 0 Å². The number of carbonyl (C=O) groups is 1. The maximum absolute atomic E-state index is 13.0. The molecule has 1 aromatic rings. The zero-order chi connectivity index (χ0) is 18.9. The standard InChI is InChI=1S/C18H30N4O3S/c1-14-5-4-10-22(12-14)26(24,25)16-11-17(20(2)13-16)18(23)21(3)15-6-8-19-9-7-15/h11,13-15,19H,4-10,12H2,1-3H3. The van der Waals surface area contributed by atoms with Crippen molar-refractivity contribution in [1.29, 1.82) is 0 Å². The molecule has 1 N–H and O–H groups in total. The quantitative estimate of drug-likeness (QED) is 0.851. The molecule has 2 fully saturated rings. The van der Waals surface area contributed by atoms with Gasteiger partial charge in [-0.1, -0.05) is 6.92 Å². The summed E-state index contributed by atoms with van der Waals surface area (Å²) in [7, 11) is -0.000173. The molecule has 0 aliphatic carbocycles. The molecule has 1 unspecified atom stereocenters. The van der Waals surface area contributed by atoms with Crippen molar-refractivity contribution in [3.05, 3.63) is 18.0 Å². The minimum absolute atomic E-state index is 0.118. The Hall–Kier alpha value is -1.38. The van der Waals surface area contributed by atoms with Crippen molar-refractivity contribution in [1.82, 2.24) is 19.1 Å². The highest BCUT2D eigenvalue weighted by atomic mass is 32.2. The van der Waals surface area contributed by atoms with Gasteiger partial charge in [-0.3, -0.25) is 4.79 Å². The summed E-state index contributed by atoms with van der Waals surface area (Å²) in [5.41, 5.74) is 0.426. The van der Waals surface area contributed by atoms with Gasteiger partial charge < -0.3 is 14.8 Å². The number of hydrogen-bond donors (Lipinski definition) is 1. The number of amides is 1. The SMILES string of the molecule is CC1CCCN(S(=O)(=O)c2cc(C(=O)N(C)C3CCNCC3)n(C)c2)C1. The van der Waals surface area contributed by atoms with Gasteiger partial charge in [0.25, 0.3) is 5.91 Å². The van der Waals surface area contributed by atoms with Crippen LogP contribution in [0.3, 0.4) is 0 Å². The molecule has 7 nitrogen and oxygen atoms in total. The van der Waals surface area contributed by atoms with E-state index in [1.165, 1.54) is 6.07 Å². The lowest BCUT2D eigenvalue weighted by atomic mass is 10.0. The minimum atomic E-state index is -3.55. The third-order valence-corrected chi connectivity index (χ3v) is 7.46. The minimum Gasteiger partial charge on any atom is -0.345 e. The maximum atomic E-state index is 13.0. The Kier molecular flexibility index (Phi) is 5.74. The lowest BCUT2D eigenvalue weighted by Crippen LogP contribution is -2.44.